The van der Waals surface area contributed by atoms with Crippen molar-refractivity contribution in [3.63, 3.8) is 0 Å². The maximum absolute atomic E-state index is 13.1. The number of halogens is 1. The molecule has 2 rings (SSSR count). The van der Waals surface area contributed by atoms with Crippen molar-refractivity contribution in [2.45, 2.75) is 19.4 Å². The Bertz CT molecular complexity index is 465. The first-order valence-corrected chi connectivity index (χ1v) is 5.21. The molecule has 0 aliphatic carbocycles. The molecule has 0 aliphatic heterocycles. The molecule has 84 valence electrons. The monoisotopic (exact) mass is 219 g/mol. The molecule has 3 heteroatoms. The zero-order chi connectivity index (χ0) is 11.5. The van der Waals surface area contributed by atoms with Gasteiger partial charge in [-0.15, -0.1) is 0 Å². The Kier molecular flexibility index (Phi) is 3.06. The summed E-state index contributed by atoms with van der Waals surface area (Å²) in [7, 11) is 0. The normalized spacial score (nSPS) is 12.7. The van der Waals surface area contributed by atoms with Gasteiger partial charge in [-0.1, -0.05) is 6.07 Å². The van der Waals surface area contributed by atoms with Crippen molar-refractivity contribution < 1.29 is 8.81 Å². The van der Waals surface area contributed by atoms with Gasteiger partial charge in [-0.25, -0.2) is 4.39 Å². The lowest BCUT2D eigenvalue weighted by atomic mass is 9.98. The molecule has 1 atom stereocenters. The van der Waals surface area contributed by atoms with Crippen LogP contribution in [0.1, 0.15) is 22.9 Å². The second-order valence-electron chi connectivity index (χ2n) is 3.89. The lowest BCUT2D eigenvalue weighted by molar-refractivity contribution is 0.487. The van der Waals surface area contributed by atoms with Crippen molar-refractivity contribution in [3.8, 4) is 0 Å². The van der Waals surface area contributed by atoms with Crippen LogP contribution in [0.25, 0.3) is 0 Å². The number of rotatable bonds is 3. The Morgan fingerprint density at radius 1 is 1.38 bits per heavy atom. The Balaban J connectivity index is 2.20. The Hall–Kier alpha value is -1.61. The molecule has 0 saturated heterocycles. The standard InChI is InChI=1S/C13H14FNO/c1-9-4-5-10(14)7-12(9)13(15)8-11-3-2-6-16-11/h2-7,13H,8,15H2,1H3. The lowest BCUT2D eigenvalue weighted by Crippen LogP contribution is -2.14. The number of benzene rings is 1. The molecular weight excluding hydrogens is 205 g/mol. The second-order valence-corrected chi connectivity index (χ2v) is 3.89. The maximum Gasteiger partial charge on any atom is 0.123 e. The molecule has 0 saturated carbocycles. The van der Waals surface area contributed by atoms with Crippen molar-refractivity contribution in [1.82, 2.24) is 0 Å². The highest BCUT2D eigenvalue weighted by molar-refractivity contribution is 5.30. The van der Waals surface area contributed by atoms with Gasteiger partial charge < -0.3 is 10.2 Å². The smallest absolute Gasteiger partial charge is 0.123 e. The molecule has 0 aliphatic rings. The van der Waals surface area contributed by atoms with Crippen LogP contribution in [0, 0.1) is 12.7 Å². The van der Waals surface area contributed by atoms with E-state index < -0.39 is 0 Å². The number of hydrogen-bond donors (Lipinski definition) is 1. The van der Waals surface area contributed by atoms with Gasteiger partial charge in [0.05, 0.1) is 6.26 Å². The maximum atomic E-state index is 13.1. The molecule has 0 amide bonds. The highest BCUT2D eigenvalue weighted by atomic mass is 19.1. The first-order valence-electron chi connectivity index (χ1n) is 5.21. The predicted molar refractivity (Wildman–Crippen MR) is 60.5 cm³/mol. The Labute approximate surface area is 93.9 Å². The van der Waals surface area contributed by atoms with E-state index in [-0.39, 0.29) is 11.9 Å². The number of nitrogens with two attached hydrogens (primary N) is 1. The van der Waals surface area contributed by atoms with Gasteiger partial charge in [-0.05, 0) is 42.3 Å². The van der Waals surface area contributed by atoms with Gasteiger partial charge in [0.15, 0.2) is 0 Å². The van der Waals surface area contributed by atoms with Gasteiger partial charge in [-0.2, -0.15) is 0 Å². The molecule has 0 bridgehead atoms. The molecule has 0 fully saturated rings. The van der Waals surface area contributed by atoms with Crippen LogP contribution in [0.4, 0.5) is 4.39 Å². The van der Waals surface area contributed by atoms with E-state index in [2.05, 4.69) is 0 Å². The minimum absolute atomic E-state index is 0.234. The number of aryl methyl sites for hydroxylation is 1. The quantitative estimate of drug-likeness (QED) is 0.861. The van der Waals surface area contributed by atoms with Crippen molar-refractivity contribution in [3.05, 3.63) is 59.3 Å². The van der Waals surface area contributed by atoms with Crippen molar-refractivity contribution in [1.29, 1.82) is 0 Å². The van der Waals surface area contributed by atoms with Crippen molar-refractivity contribution in [2.24, 2.45) is 5.73 Å². The first kappa shape index (κ1) is 10.9. The molecule has 1 unspecified atom stereocenters. The molecule has 2 nitrogen and oxygen atoms in total. The summed E-state index contributed by atoms with van der Waals surface area (Å²) in [5.41, 5.74) is 7.86. The minimum atomic E-state index is -0.254. The van der Waals surface area contributed by atoms with Crippen LogP contribution in [0.2, 0.25) is 0 Å². The molecule has 0 radical (unpaired) electrons. The molecule has 16 heavy (non-hydrogen) atoms. The fourth-order valence-corrected chi connectivity index (χ4v) is 1.77. The minimum Gasteiger partial charge on any atom is -0.469 e. The van der Waals surface area contributed by atoms with Gasteiger partial charge in [0.25, 0.3) is 0 Å². The third-order valence-electron chi connectivity index (χ3n) is 2.64. The second kappa shape index (κ2) is 4.49. The third kappa shape index (κ3) is 2.31. The van der Waals surface area contributed by atoms with E-state index in [1.807, 2.05) is 19.1 Å². The van der Waals surface area contributed by atoms with Crippen LogP contribution in [0.15, 0.2) is 41.0 Å². The van der Waals surface area contributed by atoms with E-state index in [9.17, 15) is 4.39 Å². The third-order valence-corrected chi connectivity index (χ3v) is 2.64. The van der Waals surface area contributed by atoms with Gasteiger partial charge in [-0.3, -0.25) is 0 Å². The molecule has 1 heterocycles. The molecule has 1 aromatic heterocycles. The summed E-state index contributed by atoms with van der Waals surface area (Å²) in [5, 5.41) is 0. The van der Waals surface area contributed by atoms with E-state index in [1.165, 1.54) is 12.1 Å². The number of hydrogen-bond acceptors (Lipinski definition) is 2. The van der Waals surface area contributed by atoms with Crippen LogP contribution in [-0.4, -0.2) is 0 Å². The van der Waals surface area contributed by atoms with Gasteiger partial charge in [0.1, 0.15) is 11.6 Å². The fraction of sp³-hybridized carbons (Fsp3) is 0.231. The largest absolute Gasteiger partial charge is 0.469 e. The average molecular weight is 219 g/mol. The average Bonchev–Trinajstić information content (AvgIpc) is 2.74. The van der Waals surface area contributed by atoms with Crippen LogP contribution in [-0.2, 0) is 6.42 Å². The van der Waals surface area contributed by atoms with E-state index in [0.717, 1.165) is 16.9 Å². The topological polar surface area (TPSA) is 39.2 Å². The zero-order valence-corrected chi connectivity index (χ0v) is 9.11. The fourth-order valence-electron chi connectivity index (χ4n) is 1.77. The van der Waals surface area contributed by atoms with Crippen LogP contribution < -0.4 is 5.73 Å². The van der Waals surface area contributed by atoms with Crippen molar-refractivity contribution >= 4 is 0 Å². The molecule has 2 N–H and O–H groups in total. The van der Waals surface area contributed by atoms with Gasteiger partial charge >= 0.3 is 0 Å². The predicted octanol–water partition coefficient (Wildman–Crippen LogP) is 2.97. The molecule has 1 aromatic carbocycles. The highest BCUT2D eigenvalue weighted by Gasteiger charge is 2.12. The van der Waals surface area contributed by atoms with Crippen LogP contribution >= 0.6 is 0 Å². The van der Waals surface area contributed by atoms with Gasteiger partial charge in [0, 0.05) is 12.5 Å². The van der Waals surface area contributed by atoms with E-state index >= 15 is 0 Å². The van der Waals surface area contributed by atoms with E-state index in [1.54, 1.807) is 12.3 Å². The first-order chi connectivity index (χ1) is 7.66. The summed E-state index contributed by atoms with van der Waals surface area (Å²) in [6.07, 6.45) is 2.19. The Morgan fingerprint density at radius 2 is 2.19 bits per heavy atom. The molecular formula is C13H14FNO. The summed E-state index contributed by atoms with van der Waals surface area (Å²) in [4.78, 5) is 0. The van der Waals surface area contributed by atoms with E-state index in [0.29, 0.717) is 6.42 Å². The highest BCUT2D eigenvalue weighted by Crippen LogP contribution is 2.20. The van der Waals surface area contributed by atoms with E-state index in [4.69, 9.17) is 10.2 Å². The molecule has 2 aromatic rings. The molecule has 0 spiro atoms. The summed E-state index contributed by atoms with van der Waals surface area (Å²) >= 11 is 0. The van der Waals surface area contributed by atoms with Crippen LogP contribution in [0.5, 0.6) is 0 Å². The summed E-state index contributed by atoms with van der Waals surface area (Å²) in [6, 6.07) is 8.13. The Morgan fingerprint density at radius 3 is 2.88 bits per heavy atom. The SMILES string of the molecule is Cc1ccc(F)cc1C(N)Cc1ccco1. The summed E-state index contributed by atoms with van der Waals surface area (Å²) in [5.74, 6) is 0.562. The lowest BCUT2D eigenvalue weighted by Gasteiger charge is -2.13. The van der Waals surface area contributed by atoms with Crippen molar-refractivity contribution in [2.75, 3.05) is 0 Å². The zero-order valence-electron chi connectivity index (χ0n) is 9.11. The van der Waals surface area contributed by atoms with Crippen LogP contribution in [0.3, 0.4) is 0 Å². The number of furan rings is 1. The van der Waals surface area contributed by atoms with Gasteiger partial charge in [0.2, 0.25) is 0 Å². The summed E-state index contributed by atoms with van der Waals surface area (Å²) in [6.45, 7) is 1.93. The summed E-state index contributed by atoms with van der Waals surface area (Å²) < 4.78 is 18.3.